The third-order valence-electron chi connectivity index (χ3n) is 4.61. The molecule has 1 heterocycles. The summed E-state index contributed by atoms with van der Waals surface area (Å²) in [5, 5.41) is 2.89. The van der Waals surface area contributed by atoms with Gasteiger partial charge in [0.2, 0.25) is 11.8 Å². The largest absolute Gasteiger partial charge is 0.497 e. The van der Waals surface area contributed by atoms with Crippen LogP contribution in [0.4, 0.5) is 0 Å². The molecule has 0 bridgehead atoms. The monoisotopic (exact) mass is 347 g/mol. The van der Waals surface area contributed by atoms with Crippen molar-refractivity contribution < 1.29 is 14.3 Å². The second-order valence-corrected chi connectivity index (χ2v) is 6.61. The van der Waals surface area contributed by atoms with Crippen LogP contribution in [0.2, 0.25) is 0 Å². The van der Waals surface area contributed by atoms with Crippen LogP contribution in [0.3, 0.4) is 0 Å². The van der Waals surface area contributed by atoms with Gasteiger partial charge in [0.15, 0.2) is 0 Å². The molecule has 6 heteroatoms. The Morgan fingerprint density at radius 2 is 2.20 bits per heavy atom. The van der Waals surface area contributed by atoms with E-state index in [0.717, 1.165) is 17.9 Å². The molecule has 1 aliphatic rings. The van der Waals surface area contributed by atoms with Crippen LogP contribution in [0.15, 0.2) is 24.3 Å². The minimum Gasteiger partial charge on any atom is -0.497 e. The number of rotatable bonds is 7. The van der Waals surface area contributed by atoms with Crippen LogP contribution >= 0.6 is 0 Å². The average molecular weight is 347 g/mol. The molecule has 0 spiro atoms. The van der Waals surface area contributed by atoms with Crippen molar-refractivity contribution in [2.75, 3.05) is 26.7 Å². The van der Waals surface area contributed by atoms with E-state index in [4.69, 9.17) is 4.74 Å². The van der Waals surface area contributed by atoms with Gasteiger partial charge in [-0.05, 0) is 38.5 Å². The Balaban J connectivity index is 2.12. The highest BCUT2D eigenvalue weighted by atomic mass is 16.5. The highest BCUT2D eigenvalue weighted by Crippen LogP contribution is 2.19. The van der Waals surface area contributed by atoms with Gasteiger partial charge in [-0.3, -0.25) is 14.5 Å². The first-order valence-corrected chi connectivity index (χ1v) is 8.90. The Morgan fingerprint density at radius 3 is 2.84 bits per heavy atom. The summed E-state index contributed by atoms with van der Waals surface area (Å²) in [7, 11) is 1.64. The third-order valence-corrected chi connectivity index (χ3v) is 4.61. The van der Waals surface area contributed by atoms with Crippen molar-refractivity contribution in [2.45, 2.75) is 45.8 Å². The molecule has 1 fully saturated rings. The SMILES string of the molecule is CCN(C(=O)C[C@@H]1C(=O)NCCN1Cc1cccc(OC)c1)C(C)C. The molecular formula is C19H29N3O3. The van der Waals surface area contributed by atoms with Gasteiger partial charge < -0.3 is 15.0 Å². The standard InChI is InChI=1S/C19H29N3O3/c1-5-22(14(2)3)18(23)12-17-19(24)20-9-10-21(17)13-15-7-6-8-16(11-15)25-4/h6-8,11,14,17H,5,9-10,12-13H2,1-4H3,(H,20,24)/t17-/m1/s1. The lowest BCUT2D eigenvalue weighted by molar-refractivity contribution is -0.140. The quantitative estimate of drug-likeness (QED) is 0.815. The first kappa shape index (κ1) is 19.2. The van der Waals surface area contributed by atoms with Crippen molar-refractivity contribution in [2.24, 2.45) is 0 Å². The summed E-state index contributed by atoms with van der Waals surface area (Å²) >= 11 is 0. The van der Waals surface area contributed by atoms with Crippen LogP contribution in [0, 0.1) is 0 Å². The van der Waals surface area contributed by atoms with Gasteiger partial charge in [0, 0.05) is 32.2 Å². The lowest BCUT2D eigenvalue weighted by Crippen LogP contribution is -2.56. The molecule has 1 atom stereocenters. The summed E-state index contributed by atoms with van der Waals surface area (Å²) in [5.41, 5.74) is 1.07. The Hall–Kier alpha value is -2.08. The maximum atomic E-state index is 12.6. The van der Waals surface area contributed by atoms with Gasteiger partial charge in [0.25, 0.3) is 0 Å². The first-order valence-electron chi connectivity index (χ1n) is 8.90. The molecule has 1 N–H and O–H groups in total. The molecule has 0 unspecified atom stereocenters. The minimum absolute atomic E-state index is 0.0233. The minimum atomic E-state index is -0.430. The van der Waals surface area contributed by atoms with E-state index in [0.29, 0.717) is 19.6 Å². The zero-order valence-corrected chi connectivity index (χ0v) is 15.6. The summed E-state index contributed by atoms with van der Waals surface area (Å²) in [6.07, 6.45) is 0.210. The smallest absolute Gasteiger partial charge is 0.237 e. The van der Waals surface area contributed by atoms with Crippen LogP contribution in [-0.2, 0) is 16.1 Å². The summed E-state index contributed by atoms with van der Waals surface area (Å²) in [6.45, 7) is 8.57. The van der Waals surface area contributed by atoms with Crippen molar-refractivity contribution >= 4 is 11.8 Å². The molecule has 2 rings (SSSR count). The second kappa shape index (κ2) is 8.85. The molecule has 1 saturated heterocycles. The molecule has 2 amide bonds. The zero-order chi connectivity index (χ0) is 18.4. The Labute approximate surface area is 150 Å². The number of benzene rings is 1. The van der Waals surface area contributed by atoms with E-state index in [-0.39, 0.29) is 24.3 Å². The van der Waals surface area contributed by atoms with Crippen LogP contribution in [-0.4, -0.2) is 60.4 Å². The van der Waals surface area contributed by atoms with Gasteiger partial charge in [-0.25, -0.2) is 0 Å². The van der Waals surface area contributed by atoms with E-state index < -0.39 is 6.04 Å². The maximum absolute atomic E-state index is 12.6. The number of carbonyl (C=O) groups excluding carboxylic acids is 2. The summed E-state index contributed by atoms with van der Waals surface area (Å²) in [6, 6.07) is 7.53. The molecule has 0 radical (unpaired) electrons. The van der Waals surface area contributed by atoms with Gasteiger partial charge in [0.1, 0.15) is 5.75 Å². The number of hydrogen-bond acceptors (Lipinski definition) is 4. The lowest BCUT2D eigenvalue weighted by atomic mass is 10.1. The fourth-order valence-electron chi connectivity index (χ4n) is 3.29. The number of nitrogens with one attached hydrogen (secondary N) is 1. The molecule has 0 aliphatic carbocycles. The predicted octanol–water partition coefficient (Wildman–Crippen LogP) is 1.64. The molecule has 1 aliphatic heterocycles. The number of ether oxygens (including phenoxy) is 1. The molecule has 0 aromatic heterocycles. The van der Waals surface area contributed by atoms with Gasteiger partial charge in [0.05, 0.1) is 19.6 Å². The predicted molar refractivity (Wildman–Crippen MR) is 97.3 cm³/mol. The van der Waals surface area contributed by atoms with E-state index >= 15 is 0 Å². The van der Waals surface area contributed by atoms with Crippen LogP contribution in [0.25, 0.3) is 0 Å². The molecule has 25 heavy (non-hydrogen) atoms. The van der Waals surface area contributed by atoms with Crippen molar-refractivity contribution in [1.82, 2.24) is 15.1 Å². The molecular weight excluding hydrogens is 318 g/mol. The number of amides is 2. The van der Waals surface area contributed by atoms with E-state index in [1.807, 2.05) is 49.9 Å². The van der Waals surface area contributed by atoms with Crippen molar-refractivity contribution in [3.8, 4) is 5.75 Å². The van der Waals surface area contributed by atoms with Crippen LogP contribution in [0.1, 0.15) is 32.8 Å². The van der Waals surface area contributed by atoms with Gasteiger partial charge in [-0.1, -0.05) is 12.1 Å². The van der Waals surface area contributed by atoms with Gasteiger partial charge >= 0.3 is 0 Å². The molecule has 6 nitrogen and oxygen atoms in total. The topological polar surface area (TPSA) is 61.9 Å². The third kappa shape index (κ3) is 4.95. The van der Waals surface area contributed by atoms with Crippen LogP contribution < -0.4 is 10.1 Å². The summed E-state index contributed by atoms with van der Waals surface area (Å²) in [5.74, 6) is 0.751. The molecule has 0 saturated carbocycles. The van der Waals surface area contributed by atoms with E-state index in [2.05, 4.69) is 10.2 Å². The normalized spacial score (nSPS) is 18.1. The second-order valence-electron chi connectivity index (χ2n) is 6.61. The number of carbonyl (C=O) groups is 2. The van der Waals surface area contributed by atoms with E-state index in [9.17, 15) is 9.59 Å². The zero-order valence-electron chi connectivity index (χ0n) is 15.6. The van der Waals surface area contributed by atoms with Crippen molar-refractivity contribution in [1.29, 1.82) is 0 Å². The lowest BCUT2D eigenvalue weighted by Gasteiger charge is -2.36. The average Bonchev–Trinajstić information content (AvgIpc) is 2.58. The number of piperazine rings is 1. The highest BCUT2D eigenvalue weighted by Gasteiger charge is 2.33. The van der Waals surface area contributed by atoms with Gasteiger partial charge in [-0.2, -0.15) is 0 Å². The van der Waals surface area contributed by atoms with Gasteiger partial charge in [-0.15, -0.1) is 0 Å². The number of hydrogen-bond donors (Lipinski definition) is 1. The van der Waals surface area contributed by atoms with Crippen molar-refractivity contribution in [3.05, 3.63) is 29.8 Å². The van der Waals surface area contributed by atoms with Crippen LogP contribution in [0.5, 0.6) is 5.75 Å². The van der Waals surface area contributed by atoms with E-state index in [1.54, 1.807) is 7.11 Å². The Kier molecular flexibility index (Phi) is 6.82. The molecule has 138 valence electrons. The highest BCUT2D eigenvalue weighted by molar-refractivity contribution is 5.89. The molecule has 1 aromatic carbocycles. The molecule has 1 aromatic rings. The summed E-state index contributed by atoms with van der Waals surface area (Å²) in [4.78, 5) is 28.9. The Bertz CT molecular complexity index is 603. The van der Waals surface area contributed by atoms with E-state index in [1.165, 1.54) is 0 Å². The number of methoxy groups -OCH3 is 1. The number of nitrogens with zero attached hydrogens (tertiary/aromatic N) is 2. The fourth-order valence-corrected chi connectivity index (χ4v) is 3.29. The summed E-state index contributed by atoms with van der Waals surface area (Å²) < 4.78 is 5.27. The Morgan fingerprint density at radius 1 is 1.44 bits per heavy atom. The first-order chi connectivity index (χ1) is 12.0. The fraction of sp³-hybridized carbons (Fsp3) is 0.579. The van der Waals surface area contributed by atoms with Crippen molar-refractivity contribution in [3.63, 3.8) is 0 Å². The maximum Gasteiger partial charge on any atom is 0.237 e.